The lowest BCUT2D eigenvalue weighted by molar-refractivity contribution is -0.137. The molecule has 0 bridgehead atoms. The normalized spacial score (nSPS) is 12.6. The molecule has 0 fully saturated rings. The zero-order valence-corrected chi connectivity index (χ0v) is 10.4. The van der Waals surface area contributed by atoms with Crippen LogP contribution in [0.15, 0.2) is 18.3 Å². The molecular weight excluding hydrogens is 253 g/mol. The molecule has 0 atom stereocenters. The summed E-state index contributed by atoms with van der Waals surface area (Å²) in [4.78, 5) is 3.87. The van der Waals surface area contributed by atoms with Crippen LogP contribution in [0, 0.1) is 0 Å². The SMILES string of the molecule is CC(C)(CCCl)Nc1cc(C(F)(F)F)ccn1. The first-order valence-corrected chi connectivity index (χ1v) is 5.65. The van der Waals surface area contributed by atoms with Gasteiger partial charge in [-0.05, 0) is 32.4 Å². The number of aromatic nitrogens is 1. The van der Waals surface area contributed by atoms with Crippen LogP contribution >= 0.6 is 11.6 Å². The van der Waals surface area contributed by atoms with Gasteiger partial charge in [0.2, 0.25) is 0 Å². The molecular formula is C11H14ClF3N2. The first-order chi connectivity index (χ1) is 7.74. The molecule has 0 saturated heterocycles. The van der Waals surface area contributed by atoms with Gasteiger partial charge in [-0.2, -0.15) is 13.2 Å². The maximum absolute atomic E-state index is 12.5. The number of nitrogens with zero attached hydrogens (tertiary/aromatic N) is 1. The zero-order chi connectivity index (χ0) is 13.1. The molecule has 1 aromatic heterocycles. The molecule has 1 aromatic rings. The minimum atomic E-state index is -4.35. The highest BCUT2D eigenvalue weighted by Gasteiger charge is 2.31. The Hall–Kier alpha value is -0.970. The topological polar surface area (TPSA) is 24.9 Å². The van der Waals surface area contributed by atoms with Crippen molar-refractivity contribution in [2.45, 2.75) is 32.0 Å². The van der Waals surface area contributed by atoms with Crippen molar-refractivity contribution in [2.24, 2.45) is 0 Å². The molecule has 0 aromatic carbocycles. The molecule has 96 valence electrons. The molecule has 1 N–H and O–H groups in total. The predicted molar refractivity (Wildman–Crippen MR) is 62.3 cm³/mol. The Morgan fingerprint density at radius 2 is 2.00 bits per heavy atom. The van der Waals surface area contributed by atoms with Gasteiger partial charge in [0, 0.05) is 17.6 Å². The molecule has 0 aliphatic carbocycles. The lowest BCUT2D eigenvalue weighted by atomic mass is 10.0. The van der Waals surface area contributed by atoms with Gasteiger partial charge in [0.05, 0.1) is 5.56 Å². The fraction of sp³-hybridized carbons (Fsp3) is 0.545. The third-order valence-corrected chi connectivity index (χ3v) is 2.46. The van der Waals surface area contributed by atoms with Gasteiger partial charge in [-0.15, -0.1) is 11.6 Å². The zero-order valence-electron chi connectivity index (χ0n) is 9.61. The van der Waals surface area contributed by atoms with Crippen LogP contribution in [0.2, 0.25) is 0 Å². The Morgan fingerprint density at radius 1 is 1.35 bits per heavy atom. The summed E-state index contributed by atoms with van der Waals surface area (Å²) in [5.74, 6) is 0.633. The van der Waals surface area contributed by atoms with Crippen LogP contribution in [0.4, 0.5) is 19.0 Å². The number of nitrogens with one attached hydrogen (secondary N) is 1. The van der Waals surface area contributed by atoms with Gasteiger partial charge in [0.25, 0.3) is 0 Å². The van der Waals surface area contributed by atoms with E-state index in [4.69, 9.17) is 11.6 Å². The van der Waals surface area contributed by atoms with E-state index in [1.165, 1.54) is 0 Å². The van der Waals surface area contributed by atoms with Gasteiger partial charge >= 0.3 is 6.18 Å². The predicted octanol–water partition coefficient (Wildman–Crippen LogP) is 3.92. The van der Waals surface area contributed by atoms with E-state index in [1.807, 2.05) is 13.8 Å². The van der Waals surface area contributed by atoms with Crippen molar-refractivity contribution in [3.63, 3.8) is 0 Å². The second-order valence-corrected chi connectivity index (χ2v) is 4.75. The van der Waals surface area contributed by atoms with Crippen molar-refractivity contribution in [3.8, 4) is 0 Å². The monoisotopic (exact) mass is 266 g/mol. The van der Waals surface area contributed by atoms with Gasteiger partial charge in [0.15, 0.2) is 0 Å². The van der Waals surface area contributed by atoms with Crippen molar-refractivity contribution in [2.75, 3.05) is 11.2 Å². The van der Waals surface area contributed by atoms with Gasteiger partial charge in [-0.25, -0.2) is 4.98 Å². The van der Waals surface area contributed by atoms with E-state index in [1.54, 1.807) is 0 Å². The number of hydrogen-bond donors (Lipinski definition) is 1. The summed E-state index contributed by atoms with van der Waals surface area (Å²) in [6, 6.07) is 1.94. The first kappa shape index (κ1) is 14.1. The van der Waals surface area contributed by atoms with Gasteiger partial charge in [-0.3, -0.25) is 0 Å². The second-order valence-electron chi connectivity index (χ2n) is 4.38. The molecule has 0 radical (unpaired) electrons. The number of anilines is 1. The van der Waals surface area contributed by atoms with Crippen LogP contribution in [0.3, 0.4) is 0 Å². The van der Waals surface area contributed by atoms with Crippen molar-refractivity contribution < 1.29 is 13.2 Å². The summed E-state index contributed by atoms with van der Waals surface area (Å²) in [7, 11) is 0. The Balaban J connectivity index is 2.86. The highest BCUT2D eigenvalue weighted by Crippen LogP contribution is 2.30. The van der Waals surface area contributed by atoms with Crippen LogP contribution in [-0.2, 0) is 6.18 Å². The quantitative estimate of drug-likeness (QED) is 0.836. The summed E-state index contributed by atoms with van der Waals surface area (Å²) in [6.45, 7) is 3.72. The molecule has 6 heteroatoms. The summed E-state index contributed by atoms with van der Waals surface area (Å²) in [5.41, 5.74) is -1.10. The minimum Gasteiger partial charge on any atom is -0.365 e. The van der Waals surface area contributed by atoms with E-state index in [2.05, 4.69) is 10.3 Å². The Kier molecular flexibility index (Phi) is 4.25. The summed E-state index contributed by atoms with van der Waals surface area (Å²) in [6.07, 6.45) is -2.58. The molecule has 0 unspecified atom stereocenters. The van der Waals surface area contributed by atoms with E-state index in [0.29, 0.717) is 12.3 Å². The molecule has 0 aliphatic heterocycles. The van der Waals surface area contributed by atoms with Gasteiger partial charge in [-0.1, -0.05) is 0 Å². The van der Waals surface area contributed by atoms with Crippen molar-refractivity contribution >= 4 is 17.4 Å². The molecule has 17 heavy (non-hydrogen) atoms. The fourth-order valence-corrected chi connectivity index (χ4v) is 1.79. The number of alkyl halides is 4. The summed E-state index contributed by atoms with van der Waals surface area (Å²) >= 11 is 5.62. The molecule has 0 spiro atoms. The number of pyridine rings is 1. The second kappa shape index (κ2) is 5.12. The summed E-state index contributed by atoms with van der Waals surface area (Å²) in [5, 5.41) is 2.94. The van der Waals surface area contributed by atoms with Crippen molar-refractivity contribution in [1.29, 1.82) is 0 Å². The number of rotatable bonds is 4. The highest BCUT2D eigenvalue weighted by molar-refractivity contribution is 6.17. The maximum Gasteiger partial charge on any atom is 0.416 e. The minimum absolute atomic E-state index is 0.204. The van der Waals surface area contributed by atoms with E-state index in [9.17, 15) is 13.2 Å². The van der Waals surface area contributed by atoms with Gasteiger partial charge in [0.1, 0.15) is 5.82 Å². The Bertz CT molecular complexity index is 377. The maximum atomic E-state index is 12.5. The largest absolute Gasteiger partial charge is 0.416 e. The van der Waals surface area contributed by atoms with Crippen LogP contribution in [-0.4, -0.2) is 16.4 Å². The van der Waals surface area contributed by atoms with Crippen LogP contribution in [0.5, 0.6) is 0 Å². The van der Waals surface area contributed by atoms with E-state index in [0.717, 1.165) is 18.3 Å². The van der Waals surface area contributed by atoms with E-state index < -0.39 is 11.7 Å². The van der Waals surface area contributed by atoms with Crippen LogP contribution < -0.4 is 5.32 Å². The molecule has 0 amide bonds. The van der Waals surface area contributed by atoms with Crippen molar-refractivity contribution in [1.82, 2.24) is 4.98 Å². The number of halogens is 4. The molecule has 0 aliphatic rings. The molecule has 1 heterocycles. The smallest absolute Gasteiger partial charge is 0.365 e. The van der Waals surface area contributed by atoms with Crippen LogP contribution in [0.1, 0.15) is 25.8 Å². The first-order valence-electron chi connectivity index (χ1n) is 5.12. The summed E-state index contributed by atoms with van der Waals surface area (Å²) < 4.78 is 37.4. The average Bonchev–Trinajstić information content (AvgIpc) is 2.15. The third kappa shape index (κ3) is 4.42. The van der Waals surface area contributed by atoms with E-state index in [-0.39, 0.29) is 11.4 Å². The molecule has 0 saturated carbocycles. The highest BCUT2D eigenvalue weighted by atomic mass is 35.5. The standard InChI is InChI=1S/C11H14ClF3N2/c1-10(2,4-5-12)17-9-7-8(3-6-16-9)11(13,14)15/h3,6-7H,4-5H2,1-2H3,(H,16,17). The van der Waals surface area contributed by atoms with E-state index >= 15 is 0 Å². The number of hydrogen-bond acceptors (Lipinski definition) is 2. The molecule has 1 rings (SSSR count). The third-order valence-electron chi connectivity index (χ3n) is 2.27. The lowest BCUT2D eigenvalue weighted by Crippen LogP contribution is -2.31. The Morgan fingerprint density at radius 3 is 2.53 bits per heavy atom. The van der Waals surface area contributed by atoms with Crippen LogP contribution in [0.25, 0.3) is 0 Å². The average molecular weight is 267 g/mol. The Labute approximate surface area is 103 Å². The van der Waals surface area contributed by atoms with Gasteiger partial charge < -0.3 is 5.32 Å². The van der Waals surface area contributed by atoms with Crippen molar-refractivity contribution in [3.05, 3.63) is 23.9 Å². The lowest BCUT2D eigenvalue weighted by Gasteiger charge is -2.26. The fourth-order valence-electron chi connectivity index (χ4n) is 1.32. The molecule has 2 nitrogen and oxygen atoms in total.